The Balaban J connectivity index is 1.86. The number of hydrogen-bond acceptors (Lipinski definition) is 4. The van der Waals surface area contributed by atoms with Gasteiger partial charge in [0.2, 0.25) is 0 Å². The number of para-hydroxylation sites is 2. The lowest BCUT2D eigenvalue weighted by Gasteiger charge is -2.23. The van der Waals surface area contributed by atoms with Gasteiger partial charge in [-0.25, -0.2) is 0 Å². The Morgan fingerprint density at radius 2 is 2.20 bits per heavy atom. The van der Waals surface area contributed by atoms with Gasteiger partial charge in [0.05, 0.1) is 24.5 Å². The average molecular weight is 269 g/mol. The van der Waals surface area contributed by atoms with E-state index in [1.807, 2.05) is 31.4 Å². The third-order valence-electron chi connectivity index (χ3n) is 3.49. The van der Waals surface area contributed by atoms with E-state index in [2.05, 4.69) is 33.4 Å². The van der Waals surface area contributed by atoms with Crippen LogP contribution in [0.15, 0.2) is 42.6 Å². The van der Waals surface area contributed by atoms with Crippen molar-refractivity contribution in [3.8, 4) is 5.75 Å². The van der Waals surface area contributed by atoms with Crippen LogP contribution < -0.4 is 15.0 Å². The van der Waals surface area contributed by atoms with Gasteiger partial charge in [-0.2, -0.15) is 0 Å². The zero-order valence-electron chi connectivity index (χ0n) is 11.7. The summed E-state index contributed by atoms with van der Waals surface area (Å²) in [5, 5.41) is 3.15. The van der Waals surface area contributed by atoms with E-state index in [-0.39, 0.29) is 0 Å². The fourth-order valence-electron chi connectivity index (χ4n) is 2.48. The molecule has 1 aromatic heterocycles. The third-order valence-corrected chi connectivity index (χ3v) is 3.49. The van der Waals surface area contributed by atoms with Crippen LogP contribution in [0.3, 0.4) is 0 Å². The summed E-state index contributed by atoms with van der Waals surface area (Å²) in [5.41, 5.74) is 3.31. The predicted octanol–water partition coefficient (Wildman–Crippen LogP) is 2.91. The van der Waals surface area contributed by atoms with Crippen LogP contribution in [0.4, 0.5) is 11.4 Å². The lowest BCUT2D eigenvalue weighted by Crippen LogP contribution is -2.23. The molecule has 104 valence electrons. The number of fused-ring (bicyclic) bond motifs is 1. The van der Waals surface area contributed by atoms with Gasteiger partial charge in [-0.1, -0.05) is 12.1 Å². The molecular formula is C16H19N3O. The SMILES string of the molecule is CNc1ccnc(CN2CCCOc3ccccc32)c1. The highest BCUT2D eigenvalue weighted by Crippen LogP contribution is 2.31. The van der Waals surface area contributed by atoms with Crippen molar-refractivity contribution in [1.82, 2.24) is 4.98 Å². The van der Waals surface area contributed by atoms with E-state index in [1.54, 1.807) is 0 Å². The molecule has 20 heavy (non-hydrogen) atoms. The Kier molecular flexibility index (Phi) is 3.72. The lowest BCUT2D eigenvalue weighted by atomic mass is 10.2. The maximum absolute atomic E-state index is 5.79. The number of aromatic nitrogens is 1. The fraction of sp³-hybridized carbons (Fsp3) is 0.312. The van der Waals surface area contributed by atoms with Gasteiger partial charge in [-0.15, -0.1) is 0 Å². The Morgan fingerprint density at radius 3 is 3.10 bits per heavy atom. The lowest BCUT2D eigenvalue weighted by molar-refractivity contribution is 0.322. The standard InChI is InChI=1S/C16H19N3O/c1-17-13-7-8-18-14(11-13)12-19-9-4-10-20-16-6-3-2-5-15(16)19/h2-3,5-8,11H,4,9-10,12H2,1H3,(H,17,18). The molecule has 1 aliphatic heterocycles. The number of nitrogens with zero attached hydrogens (tertiary/aromatic N) is 2. The van der Waals surface area contributed by atoms with Gasteiger partial charge in [0, 0.05) is 25.5 Å². The normalized spacial score (nSPS) is 14.2. The van der Waals surface area contributed by atoms with Gasteiger partial charge in [0.25, 0.3) is 0 Å². The number of ether oxygens (including phenoxy) is 1. The maximum Gasteiger partial charge on any atom is 0.142 e. The van der Waals surface area contributed by atoms with Crippen molar-refractivity contribution in [2.75, 3.05) is 30.4 Å². The second-order valence-corrected chi connectivity index (χ2v) is 4.88. The van der Waals surface area contributed by atoms with Crippen molar-refractivity contribution >= 4 is 11.4 Å². The quantitative estimate of drug-likeness (QED) is 0.929. The first-order valence-electron chi connectivity index (χ1n) is 6.96. The molecule has 3 rings (SSSR count). The number of pyridine rings is 1. The molecule has 1 aliphatic rings. The van der Waals surface area contributed by atoms with Crippen LogP contribution >= 0.6 is 0 Å². The maximum atomic E-state index is 5.79. The molecule has 0 amide bonds. The fourth-order valence-corrected chi connectivity index (χ4v) is 2.48. The minimum atomic E-state index is 0.775. The molecule has 2 heterocycles. The van der Waals surface area contributed by atoms with E-state index in [9.17, 15) is 0 Å². The molecule has 0 radical (unpaired) electrons. The molecule has 0 saturated carbocycles. The Bertz CT molecular complexity index is 585. The van der Waals surface area contributed by atoms with Crippen LogP contribution in [0.1, 0.15) is 12.1 Å². The minimum Gasteiger partial charge on any atom is -0.491 e. The molecule has 0 aliphatic carbocycles. The number of rotatable bonds is 3. The molecule has 0 fully saturated rings. The molecule has 0 unspecified atom stereocenters. The highest BCUT2D eigenvalue weighted by Gasteiger charge is 2.16. The summed E-state index contributed by atoms with van der Waals surface area (Å²) < 4.78 is 5.79. The van der Waals surface area contributed by atoms with E-state index in [0.717, 1.165) is 48.9 Å². The molecule has 0 saturated heterocycles. The van der Waals surface area contributed by atoms with Crippen LogP contribution in [0.5, 0.6) is 5.75 Å². The summed E-state index contributed by atoms with van der Waals surface area (Å²) >= 11 is 0. The zero-order chi connectivity index (χ0) is 13.8. The van der Waals surface area contributed by atoms with Crippen LogP contribution in [0.2, 0.25) is 0 Å². The summed E-state index contributed by atoms with van der Waals surface area (Å²) in [6, 6.07) is 12.3. The zero-order valence-corrected chi connectivity index (χ0v) is 11.7. The summed E-state index contributed by atoms with van der Waals surface area (Å²) in [6.45, 7) is 2.57. The highest BCUT2D eigenvalue weighted by atomic mass is 16.5. The van der Waals surface area contributed by atoms with Gasteiger partial charge in [-0.3, -0.25) is 4.98 Å². The molecule has 4 heteroatoms. The van der Waals surface area contributed by atoms with Crippen molar-refractivity contribution in [3.63, 3.8) is 0 Å². The first-order valence-corrected chi connectivity index (χ1v) is 6.96. The molecule has 1 aromatic carbocycles. The molecule has 0 spiro atoms. The predicted molar refractivity (Wildman–Crippen MR) is 81.4 cm³/mol. The van der Waals surface area contributed by atoms with Crippen molar-refractivity contribution < 1.29 is 4.74 Å². The van der Waals surface area contributed by atoms with E-state index in [0.29, 0.717) is 0 Å². The second-order valence-electron chi connectivity index (χ2n) is 4.88. The molecule has 0 bridgehead atoms. The first-order chi connectivity index (χ1) is 9.86. The highest BCUT2D eigenvalue weighted by molar-refractivity contribution is 5.59. The summed E-state index contributed by atoms with van der Waals surface area (Å²) in [4.78, 5) is 6.80. The van der Waals surface area contributed by atoms with Gasteiger partial charge in [0.1, 0.15) is 5.75 Å². The Hall–Kier alpha value is -2.23. The van der Waals surface area contributed by atoms with Crippen molar-refractivity contribution in [2.24, 2.45) is 0 Å². The minimum absolute atomic E-state index is 0.775. The summed E-state index contributed by atoms with van der Waals surface area (Å²) in [5.74, 6) is 0.967. The number of benzene rings is 1. The second kappa shape index (κ2) is 5.82. The first kappa shape index (κ1) is 12.8. The molecule has 0 atom stereocenters. The molecule has 4 nitrogen and oxygen atoms in total. The van der Waals surface area contributed by atoms with E-state index < -0.39 is 0 Å². The topological polar surface area (TPSA) is 37.4 Å². The van der Waals surface area contributed by atoms with Crippen molar-refractivity contribution in [3.05, 3.63) is 48.3 Å². The number of nitrogens with one attached hydrogen (secondary N) is 1. The summed E-state index contributed by atoms with van der Waals surface area (Å²) in [6.07, 6.45) is 2.88. The average Bonchev–Trinajstić information content (AvgIpc) is 2.70. The van der Waals surface area contributed by atoms with E-state index in [1.165, 1.54) is 0 Å². The Morgan fingerprint density at radius 1 is 1.30 bits per heavy atom. The smallest absolute Gasteiger partial charge is 0.142 e. The van der Waals surface area contributed by atoms with Crippen molar-refractivity contribution in [2.45, 2.75) is 13.0 Å². The van der Waals surface area contributed by atoms with E-state index >= 15 is 0 Å². The summed E-state index contributed by atoms with van der Waals surface area (Å²) in [7, 11) is 1.92. The van der Waals surface area contributed by atoms with Crippen LogP contribution in [0.25, 0.3) is 0 Å². The van der Waals surface area contributed by atoms with Gasteiger partial charge < -0.3 is 15.0 Å². The third kappa shape index (κ3) is 2.69. The largest absolute Gasteiger partial charge is 0.491 e. The van der Waals surface area contributed by atoms with Gasteiger partial charge >= 0.3 is 0 Å². The molecule has 1 N–H and O–H groups in total. The molecular weight excluding hydrogens is 250 g/mol. The monoisotopic (exact) mass is 269 g/mol. The van der Waals surface area contributed by atoms with Gasteiger partial charge in [0.15, 0.2) is 0 Å². The van der Waals surface area contributed by atoms with E-state index in [4.69, 9.17) is 4.74 Å². The van der Waals surface area contributed by atoms with Crippen molar-refractivity contribution in [1.29, 1.82) is 0 Å². The van der Waals surface area contributed by atoms with Crippen LogP contribution in [-0.4, -0.2) is 25.2 Å². The van der Waals surface area contributed by atoms with Crippen LogP contribution in [-0.2, 0) is 6.54 Å². The van der Waals surface area contributed by atoms with Crippen LogP contribution in [0, 0.1) is 0 Å². The van der Waals surface area contributed by atoms with Gasteiger partial charge in [-0.05, 0) is 30.7 Å². The Labute approximate surface area is 119 Å². The number of hydrogen-bond donors (Lipinski definition) is 1. The molecule has 2 aromatic rings. The number of anilines is 2.